The standard InChI is InChI=1S/C24H29N2OPS/c1-2-19-13-15-26(16-14-19)18-23-22(25)17-24(29-23)28(27,20-9-5-3-6-10-20)21-11-7-4-8-12-21/h3-12,17,19H,2,13-16,18,25H2,1H3. The number of hydrogen-bond donors (Lipinski definition) is 1. The van der Waals surface area contributed by atoms with Crippen LogP contribution < -0.4 is 21.0 Å². The van der Waals surface area contributed by atoms with Crippen molar-refractivity contribution in [2.75, 3.05) is 18.8 Å². The van der Waals surface area contributed by atoms with E-state index < -0.39 is 7.14 Å². The normalized spacial score (nSPS) is 16.2. The smallest absolute Gasteiger partial charge is 0.180 e. The predicted octanol–water partition coefficient (Wildman–Crippen LogP) is 4.59. The maximum absolute atomic E-state index is 14.5. The monoisotopic (exact) mass is 424 g/mol. The van der Waals surface area contributed by atoms with Crippen LogP contribution in [0.2, 0.25) is 0 Å². The SMILES string of the molecule is CCC1CCN(Cc2sc(P(=O)(c3ccccc3)c3ccccc3)cc2N)CC1. The summed E-state index contributed by atoms with van der Waals surface area (Å²) in [5.41, 5.74) is 7.20. The molecule has 0 aliphatic carbocycles. The van der Waals surface area contributed by atoms with Gasteiger partial charge in [0, 0.05) is 27.7 Å². The maximum Gasteiger partial charge on any atom is 0.180 e. The molecule has 0 amide bonds. The van der Waals surface area contributed by atoms with Gasteiger partial charge in [0.1, 0.15) is 0 Å². The number of nitrogens with zero attached hydrogens (tertiary/aromatic N) is 1. The van der Waals surface area contributed by atoms with Gasteiger partial charge in [0.2, 0.25) is 0 Å². The third-order valence-corrected chi connectivity index (χ3v) is 10.8. The third kappa shape index (κ3) is 4.21. The Morgan fingerprint density at radius 1 is 1.00 bits per heavy atom. The minimum atomic E-state index is -2.93. The zero-order chi connectivity index (χ0) is 20.3. The second kappa shape index (κ2) is 8.87. The van der Waals surface area contributed by atoms with Crippen LogP contribution in [-0.4, -0.2) is 18.0 Å². The van der Waals surface area contributed by atoms with Crippen molar-refractivity contribution >= 4 is 39.4 Å². The van der Waals surface area contributed by atoms with Gasteiger partial charge in [-0.15, -0.1) is 11.3 Å². The lowest BCUT2D eigenvalue weighted by Gasteiger charge is -2.31. The van der Waals surface area contributed by atoms with Crippen molar-refractivity contribution in [2.45, 2.75) is 32.7 Å². The van der Waals surface area contributed by atoms with Crippen molar-refractivity contribution < 1.29 is 4.57 Å². The minimum Gasteiger partial charge on any atom is -0.398 e. The van der Waals surface area contributed by atoms with E-state index >= 15 is 0 Å². The molecular formula is C24H29N2OPS. The number of piperidine rings is 1. The van der Waals surface area contributed by atoms with Crippen LogP contribution in [-0.2, 0) is 11.1 Å². The van der Waals surface area contributed by atoms with Gasteiger partial charge in [-0.25, -0.2) is 0 Å². The molecule has 29 heavy (non-hydrogen) atoms. The van der Waals surface area contributed by atoms with E-state index in [0.717, 1.165) is 51.3 Å². The number of benzene rings is 2. The summed E-state index contributed by atoms with van der Waals surface area (Å²) in [6.07, 6.45) is 3.80. The zero-order valence-electron chi connectivity index (χ0n) is 17.0. The van der Waals surface area contributed by atoms with Crippen LogP contribution in [0.25, 0.3) is 0 Å². The van der Waals surface area contributed by atoms with E-state index in [9.17, 15) is 4.57 Å². The third-order valence-electron chi connectivity index (χ3n) is 6.03. The maximum atomic E-state index is 14.5. The first-order chi connectivity index (χ1) is 14.1. The van der Waals surface area contributed by atoms with E-state index in [2.05, 4.69) is 11.8 Å². The number of hydrogen-bond acceptors (Lipinski definition) is 4. The van der Waals surface area contributed by atoms with E-state index in [1.807, 2.05) is 66.7 Å². The van der Waals surface area contributed by atoms with E-state index in [4.69, 9.17) is 5.73 Å². The second-order valence-corrected chi connectivity index (χ2v) is 12.0. The number of likely N-dealkylation sites (tertiary alicyclic amines) is 1. The topological polar surface area (TPSA) is 46.3 Å². The highest BCUT2D eigenvalue weighted by molar-refractivity contribution is 7.89. The van der Waals surface area contributed by atoms with E-state index in [-0.39, 0.29) is 0 Å². The summed E-state index contributed by atoms with van der Waals surface area (Å²) in [5.74, 6) is 0.860. The number of nitrogens with two attached hydrogens (primary N) is 1. The Morgan fingerprint density at radius 2 is 1.55 bits per heavy atom. The highest BCUT2D eigenvalue weighted by Gasteiger charge is 2.32. The Balaban J connectivity index is 1.67. The largest absolute Gasteiger partial charge is 0.398 e. The molecule has 2 N–H and O–H groups in total. The summed E-state index contributed by atoms with van der Waals surface area (Å²) in [6.45, 7) is 5.39. The molecule has 3 aromatic rings. The minimum absolute atomic E-state index is 0.773. The molecule has 0 bridgehead atoms. The van der Waals surface area contributed by atoms with Gasteiger partial charge < -0.3 is 10.3 Å². The summed E-state index contributed by atoms with van der Waals surface area (Å²) < 4.78 is 15.4. The summed E-state index contributed by atoms with van der Waals surface area (Å²) in [4.78, 5) is 3.63. The van der Waals surface area contributed by atoms with E-state index in [1.165, 1.54) is 19.3 Å². The summed E-state index contributed by atoms with van der Waals surface area (Å²) in [6, 6.07) is 21.6. The van der Waals surface area contributed by atoms with Crippen LogP contribution in [0.3, 0.4) is 0 Å². The molecule has 1 fully saturated rings. The van der Waals surface area contributed by atoms with Crippen LogP contribution in [0.15, 0.2) is 66.7 Å². The molecule has 3 nitrogen and oxygen atoms in total. The molecule has 5 heteroatoms. The molecule has 152 valence electrons. The fraction of sp³-hybridized carbons (Fsp3) is 0.333. The highest BCUT2D eigenvalue weighted by Crippen LogP contribution is 2.45. The molecule has 0 spiro atoms. The number of nitrogen functional groups attached to an aromatic ring is 1. The Hall–Kier alpha value is -1.87. The molecule has 1 saturated heterocycles. The second-order valence-electron chi connectivity index (χ2n) is 7.87. The Labute approximate surface area is 177 Å². The van der Waals surface area contributed by atoms with Crippen molar-refractivity contribution in [1.82, 2.24) is 4.90 Å². The van der Waals surface area contributed by atoms with Crippen LogP contribution >= 0.6 is 18.5 Å². The Bertz CT molecular complexity index is 935. The molecule has 4 rings (SSSR count). The first kappa shape index (κ1) is 20.4. The highest BCUT2D eigenvalue weighted by atomic mass is 32.1. The molecule has 1 aromatic heterocycles. The van der Waals surface area contributed by atoms with Gasteiger partial charge in [0.05, 0.1) is 4.62 Å². The average molecular weight is 425 g/mol. The number of thiophene rings is 1. The number of anilines is 1. The molecule has 2 aromatic carbocycles. The summed E-state index contributed by atoms with van der Waals surface area (Å²) in [5, 5.41) is 1.73. The summed E-state index contributed by atoms with van der Waals surface area (Å²) in [7, 11) is -2.93. The van der Waals surface area contributed by atoms with Crippen molar-refractivity contribution in [2.24, 2.45) is 5.92 Å². The molecule has 0 saturated carbocycles. The Morgan fingerprint density at radius 3 is 2.07 bits per heavy atom. The van der Waals surface area contributed by atoms with Gasteiger partial charge in [0.15, 0.2) is 7.14 Å². The lowest BCUT2D eigenvalue weighted by molar-refractivity contribution is 0.176. The van der Waals surface area contributed by atoms with Gasteiger partial charge in [-0.3, -0.25) is 4.90 Å². The van der Waals surface area contributed by atoms with Crippen LogP contribution in [0.5, 0.6) is 0 Å². The predicted molar refractivity (Wildman–Crippen MR) is 126 cm³/mol. The fourth-order valence-electron chi connectivity index (χ4n) is 4.14. The Kier molecular flexibility index (Phi) is 6.24. The summed E-state index contributed by atoms with van der Waals surface area (Å²) >= 11 is 1.63. The van der Waals surface area contributed by atoms with E-state index in [0.29, 0.717) is 0 Å². The van der Waals surface area contributed by atoms with Crippen molar-refractivity contribution in [1.29, 1.82) is 0 Å². The van der Waals surface area contributed by atoms with Gasteiger partial charge in [-0.2, -0.15) is 0 Å². The van der Waals surface area contributed by atoms with Crippen LogP contribution in [0, 0.1) is 5.92 Å². The quantitative estimate of drug-likeness (QED) is 0.589. The van der Waals surface area contributed by atoms with E-state index in [1.54, 1.807) is 11.3 Å². The molecule has 0 radical (unpaired) electrons. The van der Waals surface area contributed by atoms with Gasteiger partial charge in [0.25, 0.3) is 0 Å². The van der Waals surface area contributed by atoms with Crippen molar-refractivity contribution in [3.63, 3.8) is 0 Å². The first-order valence-electron chi connectivity index (χ1n) is 10.4. The lowest BCUT2D eigenvalue weighted by atomic mass is 9.94. The van der Waals surface area contributed by atoms with Crippen molar-refractivity contribution in [3.05, 3.63) is 71.6 Å². The first-order valence-corrected chi connectivity index (χ1v) is 13.0. The van der Waals surface area contributed by atoms with Gasteiger partial charge >= 0.3 is 0 Å². The lowest BCUT2D eigenvalue weighted by Crippen LogP contribution is -2.32. The molecule has 1 aliphatic heterocycles. The molecule has 1 aliphatic rings. The van der Waals surface area contributed by atoms with Crippen LogP contribution in [0.4, 0.5) is 5.69 Å². The van der Waals surface area contributed by atoms with Gasteiger partial charge in [-0.05, 0) is 37.9 Å². The molecule has 2 heterocycles. The molecule has 0 unspecified atom stereocenters. The molecule has 0 atom stereocenters. The van der Waals surface area contributed by atoms with Gasteiger partial charge in [-0.1, -0.05) is 74.0 Å². The number of rotatable bonds is 6. The fourth-order valence-corrected chi connectivity index (χ4v) is 8.79. The zero-order valence-corrected chi connectivity index (χ0v) is 18.7. The van der Waals surface area contributed by atoms with Crippen molar-refractivity contribution in [3.8, 4) is 0 Å². The van der Waals surface area contributed by atoms with Crippen LogP contribution in [0.1, 0.15) is 31.1 Å². The molecular weight excluding hydrogens is 395 g/mol. The average Bonchev–Trinajstić information content (AvgIpc) is 3.15.